The molecule has 0 saturated carbocycles. The van der Waals surface area contributed by atoms with Crippen LogP contribution in [0.25, 0.3) is 11.0 Å². The first-order valence-corrected chi connectivity index (χ1v) is 5.31. The molecule has 0 bridgehead atoms. The van der Waals surface area contributed by atoms with Gasteiger partial charge in [-0.3, -0.25) is 10.5 Å². The highest BCUT2D eigenvalue weighted by molar-refractivity contribution is 5.86. The molecule has 8 nitrogen and oxygen atoms in total. The summed E-state index contributed by atoms with van der Waals surface area (Å²) in [6, 6.07) is 3.71. The Morgan fingerprint density at radius 2 is 2.33 bits per heavy atom. The van der Waals surface area contributed by atoms with Crippen LogP contribution in [0, 0.1) is 0 Å². The van der Waals surface area contributed by atoms with E-state index in [0.717, 1.165) is 11.1 Å². The summed E-state index contributed by atoms with van der Waals surface area (Å²) in [5.41, 5.74) is 3.02. The average Bonchev–Trinajstić information content (AvgIpc) is 3.06. The van der Waals surface area contributed by atoms with Gasteiger partial charge in [0.05, 0.1) is 24.4 Å². The molecule has 0 aliphatic heterocycles. The quantitative estimate of drug-likeness (QED) is 0.397. The third kappa shape index (κ3) is 1.84. The number of hydrazine groups is 1. The van der Waals surface area contributed by atoms with Gasteiger partial charge >= 0.3 is 0 Å². The minimum Gasteiger partial charge on any atom is -0.467 e. The minimum absolute atomic E-state index is 0.314. The lowest BCUT2D eigenvalue weighted by atomic mass is 10.3. The third-order valence-electron chi connectivity index (χ3n) is 2.45. The summed E-state index contributed by atoms with van der Waals surface area (Å²) in [6.45, 7) is 0.522. The van der Waals surface area contributed by atoms with Crippen molar-refractivity contribution in [3.05, 3.63) is 30.4 Å². The van der Waals surface area contributed by atoms with Crippen LogP contribution in [0.3, 0.4) is 0 Å². The van der Waals surface area contributed by atoms with Crippen molar-refractivity contribution >= 4 is 22.8 Å². The molecule has 0 unspecified atom stereocenters. The standard InChI is InChI=1S/C10H11N7O/c11-16-10-14-8(7-5-13-17-9(7)15-10)12-4-6-2-1-3-18-6/h1-3,5H,4,11H2,(H3,12,13,14,15,16,17). The lowest BCUT2D eigenvalue weighted by Gasteiger charge is -2.06. The van der Waals surface area contributed by atoms with Gasteiger partial charge in [0.25, 0.3) is 0 Å². The van der Waals surface area contributed by atoms with Crippen molar-refractivity contribution in [3.8, 4) is 0 Å². The zero-order chi connectivity index (χ0) is 12.4. The number of aromatic nitrogens is 4. The van der Waals surface area contributed by atoms with E-state index in [1.807, 2.05) is 12.1 Å². The van der Waals surface area contributed by atoms with Crippen molar-refractivity contribution in [2.24, 2.45) is 5.84 Å². The van der Waals surface area contributed by atoms with Crippen molar-refractivity contribution in [1.29, 1.82) is 0 Å². The Balaban J connectivity index is 1.92. The number of nitrogen functional groups attached to an aromatic ring is 1. The van der Waals surface area contributed by atoms with E-state index in [1.165, 1.54) is 0 Å². The number of aromatic amines is 1. The maximum Gasteiger partial charge on any atom is 0.241 e. The molecule has 0 aromatic carbocycles. The molecule has 0 radical (unpaired) electrons. The molecule has 0 spiro atoms. The summed E-state index contributed by atoms with van der Waals surface area (Å²) in [7, 11) is 0. The average molecular weight is 245 g/mol. The predicted octanol–water partition coefficient (Wildman–Crippen LogP) is 0.844. The van der Waals surface area contributed by atoms with Crippen LogP contribution in [0.2, 0.25) is 0 Å². The highest BCUT2D eigenvalue weighted by Crippen LogP contribution is 2.20. The Morgan fingerprint density at radius 3 is 3.11 bits per heavy atom. The number of fused-ring (bicyclic) bond motifs is 1. The van der Waals surface area contributed by atoms with Crippen LogP contribution in [-0.4, -0.2) is 20.2 Å². The second-order valence-corrected chi connectivity index (χ2v) is 3.61. The Labute approximate surface area is 102 Å². The number of nitrogens with two attached hydrogens (primary N) is 1. The molecule has 18 heavy (non-hydrogen) atoms. The molecule has 0 atom stereocenters. The van der Waals surface area contributed by atoms with Crippen LogP contribution >= 0.6 is 0 Å². The summed E-state index contributed by atoms with van der Waals surface area (Å²) in [5.74, 6) is 7.08. The molecule has 3 rings (SSSR count). The summed E-state index contributed by atoms with van der Waals surface area (Å²) >= 11 is 0. The van der Waals surface area contributed by atoms with Gasteiger partial charge in [-0.1, -0.05) is 0 Å². The molecule has 92 valence electrons. The first kappa shape index (κ1) is 10.5. The molecule has 3 aromatic heterocycles. The molecule has 3 aromatic rings. The summed E-state index contributed by atoms with van der Waals surface area (Å²) in [5, 5.41) is 10.6. The smallest absolute Gasteiger partial charge is 0.241 e. The fourth-order valence-corrected chi connectivity index (χ4v) is 1.62. The van der Waals surface area contributed by atoms with Crippen molar-refractivity contribution in [2.45, 2.75) is 6.54 Å². The second-order valence-electron chi connectivity index (χ2n) is 3.61. The summed E-state index contributed by atoms with van der Waals surface area (Å²) in [4.78, 5) is 8.36. The Morgan fingerprint density at radius 1 is 1.39 bits per heavy atom. The number of nitrogens with one attached hydrogen (secondary N) is 3. The van der Waals surface area contributed by atoms with Gasteiger partial charge in [-0.25, -0.2) is 5.84 Å². The van der Waals surface area contributed by atoms with E-state index in [0.29, 0.717) is 24.0 Å². The topological polar surface area (TPSA) is 118 Å². The van der Waals surface area contributed by atoms with Crippen LogP contribution in [0.5, 0.6) is 0 Å². The lowest BCUT2D eigenvalue weighted by Crippen LogP contribution is -2.12. The molecule has 0 amide bonds. The summed E-state index contributed by atoms with van der Waals surface area (Å²) < 4.78 is 5.24. The van der Waals surface area contributed by atoms with Crippen molar-refractivity contribution in [2.75, 3.05) is 10.7 Å². The zero-order valence-electron chi connectivity index (χ0n) is 9.34. The number of nitrogens with zero attached hydrogens (tertiary/aromatic N) is 3. The van der Waals surface area contributed by atoms with E-state index in [2.05, 4.69) is 30.9 Å². The predicted molar refractivity (Wildman–Crippen MR) is 65.5 cm³/mol. The molecule has 0 saturated heterocycles. The van der Waals surface area contributed by atoms with Crippen LogP contribution in [0.1, 0.15) is 5.76 Å². The largest absolute Gasteiger partial charge is 0.467 e. The third-order valence-corrected chi connectivity index (χ3v) is 2.45. The molecule has 8 heteroatoms. The summed E-state index contributed by atoms with van der Waals surface area (Å²) in [6.07, 6.45) is 3.28. The van der Waals surface area contributed by atoms with Crippen LogP contribution in [0.4, 0.5) is 11.8 Å². The number of H-pyrrole nitrogens is 1. The van der Waals surface area contributed by atoms with Gasteiger partial charge in [-0.15, -0.1) is 0 Å². The van der Waals surface area contributed by atoms with Crippen molar-refractivity contribution in [3.63, 3.8) is 0 Å². The fraction of sp³-hybridized carbons (Fsp3) is 0.100. The first-order valence-electron chi connectivity index (χ1n) is 5.31. The van der Waals surface area contributed by atoms with Crippen LogP contribution < -0.4 is 16.6 Å². The lowest BCUT2D eigenvalue weighted by molar-refractivity contribution is 0.518. The number of rotatable bonds is 4. The molecule has 0 aliphatic carbocycles. The normalized spacial score (nSPS) is 10.7. The van der Waals surface area contributed by atoms with Crippen LogP contribution in [0.15, 0.2) is 29.0 Å². The number of hydrogen-bond donors (Lipinski definition) is 4. The molecule has 0 aliphatic rings. The number of anilines is 2. The van der Waals surface area contributed by atoms with Crippen molar-refractivity contribution in [1.82, 2.24) is 20.2 Å². The van der Waals surface area contributed by atoms with Gasteiger partial charge in [-0.05, 0) is 12.1 Å². The van der Waals surface area contributed by atoms with E-state index in [4.69, 9.17) is 10.3 Å². The van der Waals surface area contributed by atoms with Gasteiger partial charge in [0, 0.05) is 0 Å². The maximum atomic E-state index is 5.31. The molecule has 5 N–H and O–H groups in total. The van der Waals surface area contributed by atoms with E-state index in [9.17, 15) is 0 Å². The Hall–Kier alpha value is -2.61. The maximum absolute atomic E-state index is 5.31. The van der Waals surface area contributed by atoms with E-state index in [-0.39, 0.29) is 0 Å². The van der Waals surface area contributed by atoms with E-state index >= 15 is 0 Å². The van der Waals surface area contributed by atoms with Gasteiger partial charge in [-0.2, -0.15) is 15.1 Å². The van der Waals surface area contributed by atoms with Gasteiger partial charge in [0.1, 0.15) is 11.6 Å². The Kier molecular flexibility index (Phi) is 2.54. The van der Waals surface area contributed by atoms with E-state index < -0.39 is 0 Å². The Bertz CT molecular complexity index is 645. The van der Waals surface area contributed by atoms with Crippen LogP contribution in [-0.2, 0) is 6.54 Å². The van der Waals surface area contributed by atoms with Crippen molar-refractivity contribution < 1.29 is 4.42 Å². The second kappa shape index (κ2) is 4.34. The number of hydrogen-bond acceptors (Lipinski definition) is 7. The van der Waals surface area contributed by atoms with Gasteiger partial charge < -0.3 is 9.73 Å². The monoisotopic (exact) mass is 245 g/mol. The highest BCUT2D eigenvalue weighted by atomic mass is 16.3. The fourth-order valence-electron chi connectivity index (χ4n) is 1.62. The van der Waals surface area contributed by atoms with Gasteiger partial charge in [0.2, 0.25) is 5.95 Å². The zero-order valence-corrected chi connectivity index (χ0v) is 9.34. The SMILES string of the molecule is NNc1nc(NCc2ccco2)c2cn[nH]c2n1. The molecular weight excluding hydrogens is 234 g/mol. The molecular formula is C10H11N7O. The first-order chi connectivity index (χ1) is 8.86. The highest BCUT2D eigenvalue weighted by Gasteiger charge is 2.09. The molecule has 3 heterocycles. The van der Waals surface area contributed by atoms with Gasteiger partial charge in [0.15, 0.2) is 5.65 Å². The number of furan rings is 1. The molecule has 0 fully saturated rings. The minimum atomic E-state index is 0.314. The van der Waals surface area contributed by atoms with E-state index in [1.54, 1.807) is 12.5 Å².